The summed E-state index contributed by atoms with van der Waals surface area (Å²) in [5, 5.41) is 0. The molecule has 1 fully saturated rings. The van der Waals surface area contributed by atoms with Gasteiger partial charge in [0.15, 0.2) is 0 Å². The molecule has 3 rings (SSSR count). The van der Waals surface area contributed by atoms with Gasteiger partial charge in [-0.1, -0.05) is 24.3 Å². The van der Waals surface area contributed by atoms with Crippen LogP contribution < -0.4 is 5.73 Å². The Morgan fingerprint density at radius 3 is 3.00 bits per heavy atom. The monoisotopic (exact) mass is 217 g/mol. The maximum Gasteiger partial charge on any atom is 0.0726 e. The molecular weight excluding hydrogens is 198 g/mol. The molecule has 0 radical (unpaired) electrons. The Bertz CT molecular complexity index is 371. The smallest absolute Gasteiger partial charge is 0.0726 e. The fraction of sp³-hybridized carbons (Fsp3) is 0.571. The first-order valence-electron chi connectivity index (χ1n) is 6.29. The highest BCUT2D eigenvalue weighted by molar-refractivity contribution is 5.39. The number of fused-ring (bicyclic) bond motifs is 1. The Balaban J connectivity index is 1.61. The third kappa shape index (κ3) is 1.76. The second-order valence-corrected chi connectivity index (χ2v) is 5.05. The summed E-state index contributed by atoms with van der Waals surface area (Å²) in [4.78, 5) is 0. The average Bonchev–Trinajstić information content (AvgIpc) is 2.79. The lowest BCUT2D eigenvalue weighted by atomic mass is 9.74. The van der Waals surface area contributed by atoms with E-state index in [9.17, 15) is 0 Å². The molecule has 3 unspecified atom stereocenters. The Labute approximate surface area is 96.8 Å². The largest absolute Gasteiger partial charge is 0.377 e. The van der Waals surface area contributed by atoms with Gasteiger partial charge in [-0.3, -0.25) is 0 Å². The van der Waals surface area contributed by atoms with Crippen LogP contribution in [0.4, 0.5) is 0 Å². The number of rotatable bonds is 3. The highest BCUT2D eigenvalue weighted by atomic mass is 16.5. The molecule has 0 aromatic heterocycles. The van der Waals surface area contributed by atoms with Crippen LogP contribution in [0.25, 0.3) is 0 Å². The predicted octanol–water partition coefficient (Wildman–Crippen LogP) is 2.22. The van der Waals surface area contributed by atoms with Crippen molar-refractivity contribution in [2.24, 2.45) is 5.73 Å². The third-order valence-corrected chi connectivity index (χ3v) is 3.96. The first-order valence-corrected chi connectivity index (χ1v) is 6.29. The van der Waals surface area contributed by atoms with Crippen molar-refractivity contribution in [1.29, 1.82) is 0 Å². The quantitative estimate of drug-likeness (QED) is 0.842. The fourth-order valence-electron chi connectivity index (χ4n) is 2.99. The molecular formula is C14H19NO. The lowest BCUT2D eigenvalue weighted by molar-refractivity contribution is 0.0846. The minimum atomic E-state index is 0.223. The number of nitrogens with two attached hydrogens (primary N) is 1. The van der Waals surface area contributed by atoms with Gasteiger partial charge in [-0.25, -0.2) is 0 Å². The summed E-state index contributed by atoms with van der Waals surface area (Å²) < 4.78 is 5.65. The molecule has 0 spiro atoms. The van der Waals surface area contributed by atoms with Gasteiger partial charge in [0, 0.05) is 12.6 Å². The average molecular weight is 217 g/mol. The van der Waals surface area contributed by atoms with Crippen molar-refractivity contribution in [3.05, 3.63) is 35.4 Å². The van der Waals surface area contributed by atoms with Crippen LogP contribution in [0.15, 0.2) is 24.3 Å². The van der Waals surface area contributed by atoms with E-state index >= 15 is 0 Å². The maximum absolute atomic E-state index is 6.22. The van der Waals surface area contributed by atoms with Crippen LogP contribution in [0.5, 0.6) is 0 Å². The van der Waals surface area contributed by atoms with Gasteiger partial charge in [-0.05, 0) is 42.7 Å². The van der Waals surface area contributed by atoms with Crippen molar-refractivity contribution in [1.82, 2.24) is 0 Å². The van der Waals surface area contributed by atoms with E-state index in [1.807, 2.05) is 0 Å². The molecule has 0 bridgehead atoms. The van der Waals surface area contributed by atoms with E-state index in [0.29, 0.717) is 12.0 Å². The van der Waals surface area contributed by atoms with E-state index in [1.54, 1.807) is 0 Å². The SMILES string of the molecule is NC(CC1Cc2ccccc21)C1CCCO1. The first kappa shape index (κ1) is 10.3. The van der Waals surface area contributed by atoms with Gasteiger partial charge in [0.1, 0.15) is 0 Å². The van der Waals surface area contributed by atoms with Gasteiger partial charge in [0.2, 0.25) is 0 Å². The molecule has 3 atom stereocenters. The molecule has 1 heterocycles. The van der Waals surface area contributed by atoms with Crippen LogP contribution in [0.2, 0.25) is 0 Å². The molecule has 0 amide bonds. The van der Waals surface area contributed by atoms with E-state index in [-0.39, 0.29) is 6.04 Å². The maximum atomic E-state index is 6.22. The first-order chi connectivity index (χ1) is 7.84. The highest BCUT2D eigenvalue weighted by Gasteiger charge is 2.31. The number of benzene rings is 1. The molecule has 0 saturated carbocycles. The Morgan fingerprint density at radius 1 is 1.38 bits per heavy atom. The van der Waals surface area contributed by atoms with Crippen molar-refractivity contribution in [3.8, 4) is 0 Å². The molecule has 2 aliphatic rings. The Hall–Kier alpha value is -0.860. The summed E-state index contributed by atoms with van der Waals surface area (Å²) in [6.45, 7) is 0.902. The zero-order chi connectivity index (χ0) is 11.0. The normalized spacial score (nSPS) is 29.6. The van der Waals surface area contributed by atoms with Crippen molar-refractivity contribution >= 4 is 0 Å². The molecule has 2 heteroatoms. The molecule has 2 nitrogen and oxygen atoms in total. The molecule has 1 aliphatic carbocycles. The van der Waals surface area contributed by atoms with Crippen LogP contribution in [-0.2, 0) is 11.2 Å². The van der Waals surface area contributed by atoms with Crippen molar-refractivity contribution < 1.29 is 4.74 Å². The van der Waals surface area contributed by atoms with Crippen LogP contribution >= 0.6 is 0 Å². The molecule has 1 aromatic carbocycles. The van der Waals surface area contributed by atoms with E-state index in [1.165, 1.54) is 24.0 Å². The molecule has 1 aromatic rings. The van der Waals surface area contributed by atoms with E-state index in [4.69, 9.17) is 10.5 Å². The van der Waals surface area contributed by atoms with Crippen LogP contribution in [-0.4, -0.2) is 18.8 Å². The van der Waals surface area contributed by atoms with Gasteiger partial charge in [0.05, 0.1) is 6.10 Å². The Kier molecular flexibility index (Phi) is 2.70. The summed E-state index contributed by atoms with van der Waals surface area (Å²) in [5.41, 5.74) is 9.24. The van der Waals surface area contributed by atoms with Gasteiger partial charge in [-0.15, -0.1) is 0 Å². The lowest BCUT2D eigenvalue weighted by Gasteiger charge is -2.33. The lowest BCUT2D eigenvalue weighted by Crippen LogP contribution is -2.37. The number of hydrogen-bond acceptors (Lipinski definition) is 2. The predicted molar refractivity (Wildman–Crippen MR) is 64.5 cm³/mol. The molecule has 1 aliphatic heterocycles. The molecule has 16 heavy (non-hydrogen) atoms. The van der Waals surface area contributed by atoms with E-state index < -0.39 is 0 Å². The van der Waals surface area contributed by atoms with Crippen molar-refractivity contribution in [3.63, 3.8) is 0 Å². The topological polar surface area (TPSA) is 35.2 Å². The summed E-state index contributed by atoms with van der Waals surface area (Å²) in [6.07, 6.45) is 4.93. The van der Waals surface area contributed by atoms with E-state index in [0.717, 1.165) is 19.4 Å². The zero-order valence-corrected chi connectivity index (χ0v) is 9.56. The zero-order valence-electron chi connectivity index (χ0n) is 9.56. The van der Waals surface area contributed by atoms with Crippen molar-refractivity contribution in [2.75, 3.05) is 6.61 Å². The third-order valence-electron chi connectivity index (χ3n) is 3.96. The van der Waals surface area contributed by atoms with Gasteiger partial charge >= 0.3 is 0 Å². The van der Waals surface area contributed by atoms with Crippen LogP contribution in [0.3, 0.4) is 0 Å². The standard InChI is InChI=1S/C14H19NO/c15-13(14-6-3-7-16-14)9-11-8-10-4-1-2-5-12(10)11/h1-2,4-5,11,13-14H,3,6-9,15H2. The van der Waals surface area contributed by atoms with Crippen molar-refractivity contribution in [2.45, 2.75) is 43.7 Å². The molecule has 2 N–H and O–H groups in total. The second-order valence-electron chi connectivity index (χ2n) is 5.05. The summed E-state index contributed by atoms with van der Waals surface area (Å²) in [5.74, 6) is 0.676. The number of ether oxygens (including phenoxy) is 1. The summed E-state index contributed by atoms with van der Waals surface area (Å²) >= 11 is 0. The molecule has 1 saturated heterocycles. The fourth-order valence-corrected chi connectivity index (χ4v) is 2.99. The minimum absolute atomic E-state index is 0.223. The number of hydrogen-bond donors (Lipinski definition) is 1. The highest BCUT2D eigenvalue weighted by Crippen LogP contribution is 2.38. The summed E-state index contributed by atoms with van der Waals surface area (Å²) in [7, 11) is 0. The molecule has 86 valence electrons. The second kappa shape index (κ2) is 4.19. The van der Waals surface area contributed by atoms with E-state index in [2.05, 4.69) is 24.3 Å². The minimum Gasteiger partial charge on any atom is -0.377 e. The van der Waals surface area contributed by atoms with Crippen LogP contribution in [0, 0.1) is 0 Å². The van der Waals surface area contributed by atoms with Crippen LogP contribution in [0.1, 0.15) is 36.3 Å². The Morgan fingerprint density at radius 2 is 2.25 bits per heavy atom. The van der Waals surface area contributed by atoms with Gasteiger partial charge in [-0.2, -0.15) is 0 Å². The van der Waals surface area contributed by atoms with Gasteiger partial charge < -0.3 is 10.5 Å². The summed E-state index contributed by atoms with van der Waals surface area (Å²) in [6, 6.07) is 8.94. The van der Waals surface area contributed by atoms with Gasteiger partial charge in [0.25, 0.3) is 0 Å².